The second-order valence-electron chi connectivity index (χ2n) is 5.48. The molecule has 0 aliphatic carbocycles. The average molecular weight is 345 g/mol. The second-order valence-corrected chi connectivity index (χ2v) is 7.64. The molecular weight excluding hydrogens is 327 g/mol. The molecule has 0 bridgehead atoms. The molecule has 1 aromatic rings. The molecule has 2 aliphatic rings. The van der Waals surface area contributed by atoms with Crippen molar-refractivity contribution in [2.45, 2.75) is 24.6 Å². The summed E-state index contributed by atoms with van der Waals surface area (Å²) in [5.74, 6) is 1.21. The summed E-state index contributed by atoms with van der Waals surface area (Å²) in [6.45, 7) is 4.53. The summed E-state index contributed by atoms with van der Waals surface area (Å²) in [4.78, 5) is 14.7. The van der Waals surface area contributed by atoms with Crippen molar-refractivity contribution in [2.24, 2.45) is 0 Å². The monoisotopic (exact) mass is 344 g/mol. The Morgan fingerprint density at radius 2 is 2.24 bits per heavy atom. The molecule has 114 valence electrons. The van der Waals surface area contributed by atoms with Gasteiger partial charge < -0.3 is 10.2 Å². The minimum absolute atomic E-state index is 0.00791. The van der Waals surface area contributed by atoms with Crippen LogP contribution in [0.1, 0.15) is 24.1 Å². The van der Waals surface area contributed by atoms with Gasteiger partial charge in [0.15, 0.2) is 0 Å². The van der Waals surface area contributed by atoms with Gasteiger partial charge in [-0.3, -0.25) is 4.79 Å². The van der Waals surface area contributed by atoms with E-state index in [2.05, 4.69) is 12.2 Å². The van der Waals surface area contributed by atoms with Crippen molar-refractivity contribution in [2.75, 3.05) is 25.4 Å². The zero-order valence-corrected chi connectivity index (χ0v) is 14.2. The topological polar surface area (TPSA) is 32.3 Å². The summed E-state index contributed by atoms with van der Waals surface area (Å²) in [6, 6.07) is 3.75. The molecule has 3 rings (SSSR count). The van der Waals surface area contributed by atoms with E-state index in [0.717, 1.165) is 37.4 Å². The molecule has 1 saturated heterocycles. The summed E-state index contributed by atoms with van der Waals surface area (Å²) in [6.07, 6.45) is 0.816. The van der Waals surface area contributed by atoms with Crippen LogP contribution in [0, 0.1) is 0 Å². The van der Waals surface area contributed by atoms with Gasteiger partial charge in [0.25, 0.3) is 0 Å². The number of rotatable bonds is 1. The number of nitrogens with zero attached hydrogens (tertiary/aromatic N) is 1. The zero-order valence-electron chi connectivity index (χ0n) is 11.9. The lowest BCUT2D eigenvalue weighted by atomic mass is 9.93. The first-order valence-corrected chi connectivity index (χ1v) is 8.99. The summed E-state index contributed by atoms with van der Waals surface area (Å²) in [7, 11) is 0. The van der Waals surface area contributed by atoms with Crippen LogP contribution in [0.25, 0.3) is 0 Å². The van der Waals surface area contributed by atoms with Crippen LogP contribution < -0.4 is 5.32 Å². The van der Waals surface area contributed by atoms with Crippen molar-refractivity contribution in [3.8, 4) is 0 Å². The maximum Gasteiger partial charge on any atom is 0.237 e. The Labute approximate surface area is 139 Å². The van der Waals surface area contributed by atoms with Gasteiger partial charge in [-0.05, 0) is 36.6 Å². The van der Waals surface area contributed by atoms with Crippen LogP contribution in [-0.4, -0.2) is 41.4 Å². The van der Waals surface area contributed by atoms with Crippen molar-refractivity contribution in [3.63, 3.8) is 0 Å². The molecule has 21 heavy (non-hydrogen) atoms. The molecule has 1 amide bonds. The summed E-state index contributed by atoms with van der Waals surface area (Å²) in [5, 5.41) is 4.65. The van der Waals surface area contributed by atoms with Crippen LogP contribution in [0.5, 0.6) is 0 Å². The largest absolute Gasteiger partial charge is 0.335 e. The molecule has 0 saturated carbocycles. The van der Waals surface area contributed by atoms with Crippen molar-refractivity contribution < 1.29 is 4.79 Å². The summed E-state index contributed by atoms with van der Waals surface area (Å²) >= 11 is 14.2. The number of hydrogen-bond acceptors (Lipinski definition) is 3. The number of amides is 1. The van der Waals surface area contributed by atoms with E-state index < -0.39 is 0 Å². The van der Waals surface area contributed by atoms with Gasteiger partial charge in [0, 0.05) is 35.4 Å². The van der Waals surface area contributed by atoms with Gasteiger partial charge in [0.1, 0.15) is 0 Å². The minimum atomic E-state index is 0.00791. The third-order valence-electron chi connectivity index (χ3n) is 4.17. The van der Waals surface area contributed by atoms with Crippen molar-refractivity contribution >= 4 is 40.9 Å². The van der Waals surface area contributed by atoms with Crippen molar-refractivity contribution in [1.82, 2.24) is 10.2 Å². The standard InChI is InChI=1S/C15H18Cl2N2OS/c1-9-14-10(6-11(16)7-12(14)17)2-4-19(9)15(20)13-8-18-3-5-21-13/h6-7,9,13,18H,2-5,8H2,1H3/t9-,13?/m0/s1. The van der Waals surface area contributed by atoms with E-state index in [-0.39, 0.29) is 17.2 Å². The summed E-state index contributed by atoms with van der Waals surface area (Å²) < 4.78 is 0. The Morgan fingerprint density at radius 1 is 1.43 bits per heavy atom. The molecule has 0 radical (unpaired) electrons. The van der Waals surface area contributed by atoms with E-state index in [0.29, 0.717) is 10.0 Å². The molecule has 2 aliphatic heterocycles. The Kier molecular flexibility index (Phi) is 4.69. The predicted molar refractivity (Wildman–Crippen MR) is 89.4 cm³/mol. The molecular formula is C15H18Cl2N2OS. The number of fused-ring (bicyclic) bond motifs is 1. The van der Waals surface area contributed by atoms with Crippen LogP contribution in [-0.2, 0) is 11.2 Å². The molecule has 2 atom stereocenters. The van der Waals surface area contributed by atoms with Crippen molar-refractivity contribution in [3.05, 3.63) is 33.3 Å². The number of benzene rings is 1. The van der Waals surface area contributed by atoms with Gasteiger partial charge in [0.2, 0.25) is 5.91 Å². The number of nitrogens with one attached hydrogen (secondary N) is 1. The van der Waals surface area contributed by atoms with E-state index in [1.165, 1.54) is 5.56 Å². The number of hydrogen-bond donors (Lipinski definition) is 1. The molecule has 6 heteroatoms. The highest BCUT2D eigenvalue weighted by atomic mass is 35.5. The number of carbonyl (C=O) groups excluding carboxylic acids is 1. The normalized spacial score (nSPS) is 25.6. The van der Waals surface area contributed by atoms with Crippen LogP contribution in [0.15, 0.2) is 12.1 Å². The number of carbonyl (C=O) groups is 1. The van der Waals surface area contributed by atoms with Gasteiger partial charge in [-0.25, -0.2) is 0 Å². The van der Waals surface area contributed by atoms with Gasteiger partial charge in [-0.15, -0.1) is 11.8 Å². The van der Waals surface area contributed by atoms with E-state index in [4.69, 9.17) is 23.2 Å². The first kappa shape index (κ1) is 15.5. The molecule has 1 unspecified atom stereocenters. The maximum atomic E-state index is 12.7. The molecule has 1 N–H and O–H groups in total. The molecule has 0 spiro atoms. The van der Waals surface area contributed by atoms with Crippen LogP contribution in [0.2, 0.25) is 10.0 Å². The van der Waals surface area contributed by atoms with E-state index in [1.807, 2.05) is 11.0 Å². The Balaban J connectivity index is 1.84. The van der Waals surface area contributed by atoms with Gasteiger partial charge >= 0.3 is 0 Å². The number of halogens is 2. The van der Waals surface area contributed by atoms with E-state index in [1.54, 1.807) is 17.8 Å². The summed E-state index contributed by atoms with van der Waals surface area (Å²) in [5.41, 5.74) is 2.22. The van der Waals surface area contributed by atoms with Crippen molar-refractivity contribution in [1.29, 1.82) is 0 Å². The second kappa shape index (κ2) is 6.37. The molecule has 2 heterocycles. The molecule has 1 aromatic carbocycles. The predicted octanol–water partition coefficient (Wildman–Crippen LogP) is 3.14. The third-order valence-corrected chi connectivity index (χ3v) is 5.91. The first-order chi connectivity index (χ1) is 10.1. The number of thioether (sulfide) groups is 1. The lowest BCUT2D eigenvalue weighted by Gasteiger charge is -2.38. The fraction of sp³-hybridized carbons (Fsp3) is 0.533. The van der Waals surface area contributed by atoms with E-state index >= 15 is 0 Å². The SMILES string of the molecule is C[C@H]1c2c(Cl)cc(Cl)cc2CCN1C(=O)C1CNCCS1. The highest BCUT2D eigenvalue weighted by molar-refractivity contribution is 8.00. The smallest absolute Gasteiger partial charge is 0.237 e. The fourth-order valence-corrected chi connectivity index (χ4v) is 4.87. The first-order valence-electron chi connectivity index (χ1n) is 7.18. The van der Waals surface area contributed by atoms with E-state index in [9.17, 15) is 4.79 Å². The average Bonchev–Trinajstić information content (AvgIpc) is 2.47. The van der Waals surface area contributed by atoms with Crippen LogP contribution >= 0.6 is 35.0 Å². The quantitative estimate of drug-likeness (QED) is 0.849. The lowest BCUT2D eigenvalue weighted by molar-refractivity contribution is -0.133. The van der Waals surface area contributed by atoms with Crippen LogP contribution in [0.4, 0.5) is 0 Å². The highest BCUT2D eigenvalue weighted by Crippen LogP contribution is 2.37. The fourth-order valence-electron chi connectivity index (χ4n) is 3.11. The van der Waals surface area contributed by atoms with Gasteiger partial charge in [-0.1, -0.05) is 23.2 Å². The Morgan fingerprint density at radius 3 is 2.95 bits per heavy atom. The third kappa shape index (κ3) is 3.04. The van der Waals surface area contributed by atoms with Gasteiger partial charge in [-0.2, -0.15) is 0 Å². The maximum absolute atomic E-state index is 12.7. The zero-order chi connectivity index (χ0) is 15.0. The molecule has 3 nitrogen and oxygen atoms in total. The van der Waals surface area contributed by atoms with Gasteiger partial charge in [0.05, 0.1) is 11.3 Å². The Hall–Kier alpha value is -0.420. The minimum Gasteiger partial charge on any atom is -0.335 e. The highest BCUT2D eigenvalue weighted by Gasteiger charge is 2.34. The van der Waals surface area contributed by atoms with Crippen LogP contribution in [0.3, 0.4) is 0 Å². The Bertz CT molecular complexity index is 561. The molecule has 1 fully saturated rings. The molecule has 0 aromatic heterocycles. The lowest BCUT2D eigenvalue weighted by Crippen LogP contribution is -2.48.